The Hall–Kier alpha value is -1.79. The summed E-state index contributed by atoms with van der Waals surface area (Å²) in [6.07, 6.45) is 0. The molecular formula is C14H18N4O2. The van der Waals surface area contributed by atoms with Gasteiger partial charge in [0.05, 0.1) is 6.54 Å². The van der Waals surface area contributed by atoms with Crippen LogP contribution >= 0.6 is 0 Å². The normalized spacial score (nSPS) is 23.6. The lowest BCUT2D eigenvalue weighted by atomic mass is 10.2. The Bertz CT molecular complexity index is 520. The molecule has 1 fully saturated rings. The van der Waals surface area contributed by atoms with Crippen LogP contribution in [-0.2, 0) is 9.63 Å². The minimum absolute atomic E-state index is 0.284. The second-order valence-corrected chi connectivity index (χ2v) is 5.16. The molecule has 0 amide bonds. The number of carbonyl (C=O) groups is 1. The summed E-state index contributed by atoms with van der Waals surface area (Å²) in [5.41, 5.74) is 2.06. The SMILES string of the molecule is Cc1ccc([N+]2=NOC(=O)C2CN2CC[N-]CC2)cc1. The van der Waals surface area contributed by atoms with Crippen LogP contribution in [0.3, 0.4) is 0 Å². The molecule has 0 N–H and O–H groups in total. The lowest BCUT2D eigenvalue weighted by Crippen LogP contribution is -2.44. The van der Waals surface area contributed by atoms with Crippen molar-refractivity contribution >= 4 is 11.7 Å². The van der Waals surface area contributed by atoms with Crippen LogP contribution in [0.2, 0.25) is 0 Å². The summed E-state index contributed by atoms with van der Waals surface area (Å²) in [7, 11) is 0. The Morgan fingerprint density at radius 3 is 2.75 bits per heavy atom. The van der Waals surface area contributed by atoms with Crippen molar-refractivity contribution in [3.63, 3.8) is 0 Å². The number of rotatable bonds is 3. The number of nitrogens with zero attached hydrogens (tertiary/aromatic N) is 4. The van der Waals surface area contributed by atoms with Gasteiger partial charge in [-0.2, -0.15) is 0 Å². The predicted octanol–water partition coefficient (Wildman–Crippen LogP) is 1.62. The van der Waals surface area contributed by atoms with Crippen molar-refractivity contribution in [1.29, 1.82) is 0 Å². The van der Waals surface area contributed by atoms with Gasteiger partial charge in [0.25, 0.3) is 6.04 Å². The zero-order valence-electron chi connectivity index (χ0n) is 11.5. The molecule has 2 aliphatic heterocycles. The molecule has 1 unspecified atom stereocenters. The Labute approximate surface area is 118 Å². The molecule has 0 radical (unpaired) electrons. The molecule has 6 heteroatoms. The Balaban J connectivity index is 1.75. The lowest BCUT2D eigenvalue weighted by molar-refractivity contribution is -0.539. The maximum absolute atomic E-state index is 11.9. The van der Waals surface area contributed by atoms with E-state index >= 15 is 0 Å². The molecule has 0 saturated carbocycles. The Kier molecular flexibility index (Phi) is 3.75. The zero-order valence-corrected chi connectivity index (χ0v) is 11.5. The lowest BCUT2D eigenvalue weighted by Gasteiger charge is -2.34. The van der Waals surface area contributed by atoms with Gasteiger partial charge in [-0.05, 0) is 24.7 Å². The van der Waals surface area contributed by atoms with Crippen molar-refractivity contribution in [1.82, 2.24) is 4.90 Å². The highest BCUT2D eigenvalue weighted by molar-refractivity contribution is 5.75. The third-order valence-electron chi connectivity index (χ3n) is 3.66. The maximum atomic E-state index is 11.9. The third-order valence-corrected chi connectivity index (χ3v) is 3.66. The number of benzene rings is 1. The highest BCUT2D eigenvalue weighted by Gasteiger charge is 2.42. The molecule has 0 aromatic heterocycles. The summed E-state index contributed by atoms with van der Waals surface area (Å²) >= 11 is 0. The largest absolute Gasteiger partial charge is 0.660 e. The van der Waals surface area contributed by atoms with E-state index in [1.165, 1.54) is 5.56 Å². The maximum Gasteiger partial charge on any atom is 0.412 e. The van der Waals surface area contributed by atoms with Crippen LogP contribution in [0.25, 0.3) is 5.32 Å². The van der Waals surface area contributed by atoms with Crippen molar-refractivity contribution in [2.45, 2.75) is 13.0 Å². The van der Waals surface area contributed by atoms with Crippen molar-refractivity contribution in [3.8, 4) is 0 Å². The van der Waals surface area contributed by atoms with E-state index in [-0.39, 0.29) is 12.0 Å². The summed E-state index contributed by atoms with van der Waals surface area (Å²) < 4.78 is 1.67. The minimum atomic E-state index is -0.365. The Morgan fingerprint density at radius 1 is 1.35 bits per heavy atom. The number of hydrogen-bond donors (Lipinski definition) is 0. The molecule has 20 heavy (non-hydrogen) atoms. The number of carbonyl (C=O) groups excluding carboxylic acids is 1. The van der Waals surface area contributed by atoms with Gasteiger partial charge in [0.2, 0.25) is 11.0 Å². The van der Waals surface area contributed by atoms with Crippen molar-refractivity contribution in [2.75, 3.05) is 32.7 Å². The first kappa shape index (κ1) is 13.2. The van der Waals surface area contributed by atoms with E-state index in [2.05, 4.69) is 15.5 Å². The molecule has 3 rings (SSSR count). The second-order valence-electron chi connectivity index (χ2n) is 5.16. The first-order chi connectivity index (χ1) is 9.74. The predicted molar refractivity (Wildman–Crippen MR) is 72.9 cm³/mol. The van der Waals surface area contributed by atoms with Gasteiger partial charge in [-0.25, -0.2) is 4.79 Å². The van der Waals surface area contributed by atoms with Crippen molar-refractivity contribution in [3.05, 3.63) is 35.1 Å². The van der Waals surface area contributed by atoms with E-state index in [4.69, 9.17) is 4.84 Å². The summed E-state index contributed by atoms with van der Waals surface area (Å²) in [6, 6.07) is 7.56. The van der Waals surface area contributed by atoms with Crippen LogP contribution in [0.15, 0.2) is 29.5 Å². The van der Waals surface area contributed by atoms with Gasteiger partial charge in [0.1, 0.15) is 0 Å². The fraction of sp³-hybridized carbons (Fsp3) is 0.500. The van der Waals surface area contributed by atoms with Gasteiger partial charge < -0.3 is 5.32 Å². The first-order valence-corrected chi connectivity index (χ1v) is 6.87. The topological polar surface area (TPSA) is 59.0 Å². The monoisotopic (exact) mass is 274 g/mol. The molecule has 2 heterocycles. The third kappa shape index (κ3) is 2.71. The highest BCUT2D eigenvalue weighted by Crippen LogP contribution is 2.21. The summed E-state index contributed by atoms with van der Waals surface area (Å²) in [5.74, 6) is -0.284. The van der Waals surface area contributed by atoms with Gasteiger partial charge in [-0.15, -0.1) is 13.1 Å². The van der Waals surface area contributed by atoms with E-state index in [0.717, 1.165) is 31.9 Å². The average molecular weight is 274 g/mol. The zero-order chi connectivity index (χ0) is 13.9. The van der Waals surface area contributed by atoms with Crippen LogP contribution in [0.5, 0.6) is 0 Å². The molecule has 1 saturated heterocycles. The molecular weight excluding hydrogens is 256 g/mol. The van der Waals surface area contributed by atoms with Crippen molar-refractivity contribution < 1.29 is 14.3 Å². The summed E-state index contributed by atoms with van der Waals surface area (Å²) in [5, 5.41) is 8.21. The molecule has 1 aromatic rings. The smallest absolute Gasteiger partial charge is 0.412 e. The highest BCUT2D eigenvalue weighted by atomic mass is 16.7. The standard InChI is InChI=1S/C14H18N4O2/c1-11-2-4-12(5-3-11)18-13(14(19)20-16-18)10-17-8-6-15-7-9-17/h2-5,13H,6-10H2,1H3. The summed E-state index contributed by atoms with van der Waals surface area (Å²) in [4.78, 5) is 19.0. The van der Waals surface area contributed by atoms with Gasteiger partial charge in [-0.3, -0.25) is 9.74 Å². The second kappa shape index (κ2) is 5.68. The fourth-order valence-electron chi connectivity index (χ4n) is 2.45. The molecule has 0 spiro atoms. The van der Waals surface area contributed by atoms with E-state index in [9.17, 15) is 4.79 Å². The average Bonchev–Trinajstić information content (AvgIpc) is 2.83. The molecule has 0 aliphatic carbocycles. The van der Waals surface area contributed by atoms with Crippen LogP contribution in [-0.4, -0.2) is 54.3 Å². The molecule has 106 valence electrons. The van der Waals surface area contributed by atoms with Gasteiger partial charge in [0.15, 0.2) is 0 Å². The number of aryl methyl sites for hydroxylation is 1. The molecule has 1 aromatic carbocycles. The van der Waals surface area contributed by atoms with Crippen LogP contribution in [0.4, 0.5) is 5.69 Å². The van der Waals surface area contributed by atoms with Crippen LogP contribution in [0.1, 0.15) is 5.56 Å². The van der Waals surface area contributed by atoms with E-state index < -0.39 is 0 Å². The van der Waals surface area contributed by atoms with E-state index in [1.807, 2.05) is 31.2 Å². The molecule has 0 bridgehead atoms. The van der Waals surface area contributed by atoms with Gasteiger partial charge in [-0.1, -0.05) is 17.7 Å². The van der Waals surface area contributed by atoms with Gasteiger partial charge >= 0.3 is 5.97 Å². The number of piperazine rings is 1. The molecule has 1 atom stereocenters. The number of hydrogen-bond acceptors (Lipinski definition) is 4. The van der Waals surface area contributed by atoms with Crippen LogP contribution in [0, 0.1) is 6.92 Å². The first-order valence-electron chi connectivity index (χ1n) is 6.87. The minimum Gasteiger partial charge on any atom is -0.660 e. The molecule has 6 nitrogen and oxygen atoms in total. The van der Waals surface area contributed by atoms with Gasteiger partial charge in [0, 0.05) is 12.1 Å². The van der Waals surface area contributed by atoms with Crippen molar-refractivity contribution in [2.24, 2.45) is 5.28 Å². The van der Waals surface area contributed by atoms with E-state index in [0.29, 0.717) is 6.54 Å². The Morgan fingerprint density at radius 2 is 2.05 bits per heavy atom. The summed E-state index contributed by atoms with van der Waals surface area (Å²) in [6.45, 7) is 6.12. The quantitative estimate of drug-likeness (QED) is 0.787. The fourth-order valence-corrected chi connectivity index (χ4v) is 2.45. The van der Waals surface area contributed by atoms with Crippen LogP contribution < -0.4 is 0 Å². The van der Waals surface area contributed by atoms with E-state index in [1.54, 1.807) is 4.70 Å². The molecule has 2 aliphatic rings.